The summed E-state index contributed by atoms with van der Waals surface area (Å²) < 4.78 is 4.63. The molecule has 0 aliphatic heterocycles. The fourth-order valence-corrected chi connectivity index (χ4v) is 3.03. The van der Waals surface area contributed by atoms with Gasteiger partial charge in [0.1, 0.15) is 0 Å². The predicted molar refractivity (Wildman–Crippen MR) is 91.9 cm³/mol. The molecule has 23 heavy (non-hydrogen) atoms. The van der Waals surface area contributed by atoms with Crippen molar-refractivity contribution < 1.29 is 19.7 Å². The summed E-state index contributed by atoms with van der Waals surface area (Å²) in [5.41, 5.74) is 0. The average Bonchev–Trinajstić information content (AvgIpc) is 2.89. The molecule has 4 unspecified atom stereocenters. The molecule has 0 aromatic rings. The SMILES string of the molecule is CCCCCC(O)C=CC1C=CC(O)C1CCCCC(=O)OC. The van der Waals surface area contributed by atoms with Crippen molar-refractivity contribution in [3.8, 4) is 0 Å². The van der Waals surface area contributed by atoms with Crippen LogP contribution in [0.5, 0.6) is 0 Å². The maximum Gasteiger partial charge on any atom is 0.305 e. The molecule has 0 spiro atoms. The van der Waals surface area contributed by atoms with Gasteiger partial charge in [0.2, 0.25) is 0 Å². The first-order chi connectivity index (χ1) is 11.1. The van der Waals surface area contributed by atoms with Gasteiger partial charge in [0, 0.05) is 12.3 Å². The number of esters is 1. The first-order valence-corrected chi connectivity index (χ1v) is 8.88. The number of hydrogen-bond donors (Lipinski definition) is 2. The second-order valence-corrected chi connectivity index (χ2v) is 6.39. The molecule has 0 heterocycles. The quantitative estimate of drug-likeness (QED) is 0.347. The molecule has 4 nitrogen and oxygen atoms in total. The van der Waals surface area contributed by atoms with Crippen molar-refractivity contribution in [1.29, 1.82) is 0 Å². The van der Waals surface area contributed by atoms with Crippen LogP contribution in [-0.4, -0.2) is 35.5 Å². The topological polar surface area (TPSA) is 66.8 Å². The molecule has 0 aromatic heterocycles. The van der Waals surface area contributed by atoms with Crippen LogP contribution in [0.1, 0.15) is 58.3 Å². The van der Waals surface area contributed by atoms with Crippen molar-refractivity contribution in [1.82, 2.24) is 0 Å². The van der Waals surface area contributed by atoms with Crippen LogP contribution in [0.15, 0.2) is 24.3 Å². The molecule has 1 aliphatic rings. The number of unbranched alkanes of at least 4 members (excludes halogenated alkanes) is 3. The van der Waals surface area contributed by atoms with Crippen molar-refractivity contribution >= 4 is 5.97 Å². The number of aliphatic hydroxyl groups is 2. The Bertz CT molecular complexity index is 389. The van der Waals surface area contributed by atoms with E-state index in [4.69, 9.17) is 0 Å². The van der Waals surface area contributed by atoms with Gasteiger partial charge in [-0.05, 0) is 25.2 Å². The summed E-state index contributed by atoms with van der Waals surface area (Å²) in [6, 6.07) is 0. The zero-order valence-electron chi connectivity index (χ0n) is 14.5. The van der Waals surface area contributed by atoms with Gasteiger partial charge in [0.05, 0.1) is 19.3 Å². The Morgan fingerprint density at radius 1 is 1.26 bits per heavy atom. The molecule has 1 aliphatic carbocycles. The first-order valence-electron chi connectivity index (χ1n) is 8.88. The van der Waals surface area contributed by atoms with Crippen molar-refractivity contribution in [3.63, 3.8) is 0 Å². The standard InChI is InChI=1S/C19H32O4/c1-3-4-5-8-16(20)13-11-15-12-14-18(21)17(15)9-6-7-10-19(22)23-2/h11-18,20-21H,3-10H2,1-2H3. The largest absolute Gasteiger partial charge is 0.469 e. The third-order valence-electron chi connectivity index (χ3n) is 4.52. The molecular weight excluding hydrogens is 292 g/mol. The van der Waals surface area contributed by atoms with Crippen LogP contribution in [0.3, 0.4) is 0 Å². The number of allylic oxidation sites excluding steroid dienone is 2. The molecule has 0 saturated heterocycles. The van der Waals surface area contributed by atoms with Crippen LogP contribution in [0.2, 0.25) is 0 Å². The zero-order chi connectivity index (χ0) is 17.1. The summed E-state index contributed by atoms with van der Waals surface area (Å²) >= 11 is 0. The Balaban J connectivity index is 2.35. The number of carbonyl (C=O) groups is 1. The van der Waals surface area contributed by atoms with Gasteiger partial charge in [0.25, 0.3) is 0 Å². The Morgan fingerprint density at radius 3 is 2.74 bits per heavy atom. The van der Waals surface area contributed by atoms with Crippen LogP contribution in [-0.2, 0) is 9.53 Å². The maximum atomic E-state index is 11.1. The molecule has 0 amide bonds. The van der Waals surface area contributed by atoms with Crippen molar-refractivity contribution in [2.24, 2.45) is 11.8 Å². The van der Waals surface area contributed by atoms with Gasteiger partial charge in [-0.15, -0.1) is 0 Å². The molecule has 1 rings (SSSR count). The van der Waals surface area contributed by atoms with Crippen LogP contribution in [0.25, 0.3) is 0 Å². The summed E-state index contributed by atoms with van der Waals surface area (Å²) in [4.78, 5) is 11.1. The minimum atomic E-state index is -0.431. The molecule has 4 atom stereocenters. The molecule has 4 heteroatoms. The Morgan fingerprint density at radius 2 is 2.04 bits per heavy atom. The lowest BCUT2D eigenvalue weighted by Crippen LogP contribution is -2.19. The summed E-state index contributed by atoms with van der Waals surface area (Å²) in [6.07, 6.45) is 14.0. The van der Waals surface area contributed by atoms with Crippen molar-refractivity contribution in [2.45, 2.75) is 70.5 Å². The van der Waals surface area contributed by atoms with E-state index < -0.39 is 12.2 Å². The molecule has 0 saturated carbocycles. The fourth-order valence-electron chi connectivity index (χ4n) is 3.03. The van der Waals surface area contributed by atoms with Gasteiger partial charge in [-0.2, -0.15) is 0 Å². The van der Waals surface area contributed by atoms with E-state index in [0.717, 1.165) is 44.9 Å². The lowest BCUT2D eigenvalue weighted by molar-refractivity contribution is -0.140. The highest BCUT2D eigenvalue weighted by Crippen LogP contribution is 2.31. The van der Waals surface area contributed by atoms with Crippen LogP contribution in [0.4, 0.5) is 0 Å². The molecule has 0 fully saturated rings. The van der Waals surface area contributed by atoms with Gasteiger partial charge < -0.3 is 14.9 Å². The van der Waals surface area contributed by atoms with E-state index >= 15 is 0 Å². The number of carbonyl (C=O) groups excluding carboxylic acids is 1. The number of hydrogen-bond acceptors (Lipinski definition) is 4. The van der Waals surface area contributed by atoms with Gasteiger partial charge in [-0.1, -0.05) is 56.9 Å². The van der Waals surface area contributed by atoms with Crippen LogP contribution in [0, 0.1) is 11.8 Å². The molecule has 2 N–H and O–H groups in total. The van der Waals surface area contributed by atoms with Crippen LogP contribution < -0.4 is 0 Å². The Kier molecular flexibility index (Phi) is 9.88. The molecule has 132 valence electrons. The molecule has 0 aromatic carbocycles. The lowest BCUT2D eigenvalue weighted by Gasteiger charge is -2.20. The second kappa shape index (κ2) is 11.4. The van der Waals surface area contributed by atoms with E-state index in [-0.39, 0.29) is 17.8 Å². The summed E-state index contributed by atoms with van der Waals surface area (Å²) in [5, 5.41) is 20.0. The number of ether oxygens (including phenoxy) is 1. The third kappa shape index (κ3) is 7.80. The minimum Gasteiger partial charge on any atom is -0.469 e. The number of rotatable bonds is 11. The van der Waals surface area contributed by atoms with Gasteiger partial charge in [0.15, 0.2) is 0 Å². The molecule has 0 bridgehead atoms. The summed E-state index contributed by atoms with van der Waals surface area (Å²) in [6.45, 7) is 2.15. The zero-order valence-corrected chi connectivity index (χ0v) is 14.5. The van der Waals surface area contributed by atoms with E-state index in [0.29, 0.717) is 6.42 Å². The monoisotopic (exact) mass is 324 g/mol. The van der Waals surface area contributed by atoms with Crippen molar-refractivity contribution in [3.05, 3.63) is 24.3 Å². The Hall–Kier alpha value is -1.13. The molecular formula is C19H32O4. The van der Waals surface area contributed by atoms with E-state index in [2.05, 4.69) is 11.7 Å². The van der Waals surface area contributed by atoms with Crippen molar-refractivity contribution in [2.75, 3.05) is 7.11 Å². The van der Waals surface area contributed by atoms with Gasteiger partial charge >= 0.3 is 5.97 Å². The normalized spacial score (nSPS) is 25.1. The number of aliphatic hydroxyl groups excluding tert-OH is 2. The second-order valence-electron chi connectivity index (χ2n) is 6.39. The lowest BCUT2D eigenvalue weighted by atomic mass is 9.88. The van der Waals surface area contributed by atoms with Gasteiger partial charge in [-0.3, -0.25) is 4.79 Å². The molecule has 0 radical (unpaired) electrons. The number of methoxy groups -OCH3 is 1. The highest BCUT2D eigenvalue weighted by Gasteiger charge is 2.28. The third-order valence-corrected chi connectivity index (χ3v) is 4.52. The first kappa shape index (κ1) is 19.9. The van der Waals surface area contributed by atoms with E-state index in [1.807, 2.05) is 24.3 Å². The highest BCUT2D eigenvalue weighted by atomic mass is 16.5. The van der Waals surface area contributed by atoms with E-state index in [1.165, 1.54) is 7.11 Å². The highest BCUT2D eigenvalue weighted by molar-refractivity contribution is 5.68. The smallest absolute Gasteiger partial charge is 0.305 e. The summed E-state index contributed by atoms with van der Waals surface area (Å²) in [7, 11) is 1.40. The fraction of sp³-hybridized carbons (Fsp3) is 0.737. The van der Waals surface area contributed by atoms with E-state index in [1.54, 1.807) is 0 Å². The maximum absolute atomic E-state index is 11.1. The van der Waals surface area contributed by atoms with Gasteiger partial charge in [-0.25, -0.2) is 0 Å². The van der Waals surface area contributed by atoms with E-state index in [9.17, 15) is 15.0 Å². The summed E-state index contributed by atoms with van der Waals surface area (Å²) in [5.74, 6) is 0.137. The minimum absolute atomic E-state index is 0.145. The Labute approximate surface area is 140 Å². The van der Waals surface area contributed by atoms with Crippen LogP contribution >= 0.6 is 0 Å². The predicted octanol–water partition coefficient (Wildman–Crippen LogP) is 3.38. The average molecular weight is 324 g/mol.